The van der Waals surface area contributed by atoms with Crippen LogP contribution in [0.15, 0.2) is 30.3 Å². The number of aromatic amines is 1. The van der Waals surface area contributed by atoms with Crippen LogP contribution in [0.1, 0.15) is 30.9 Å². The van der Waals surface area contributed by atoms with Crippen molar-refractivity contribution in [2.75, 3.05) is 31.2 Å². The van der Waals surface area contributed by atoms with Gasteiger partial charge in [0.1, 0.15) is 22.7 Å². The van der Waals surface area contributed by atoms with Crippen molar-refractivity contribution in [3.8, 4) is 6.07 Å². The standard InChI is InChI=1S/C19H20N4O/c1-13(2)14-11-18(22-7-9-24-10-8-22)23-17-6-4-3-5-16(17)21-19(23)15(14)12-20/h3-6,11,13H,7-10H2,1-2H3/p+1. The van der Waals surface area contributed by atoms with Crippen molar-refractivity contribution in [1.29, 1.82) is 5.26 Å². The van der Waals surface area contributed by atoms with E-state index in [2.05, 4.69) is 52.4 Å². The molecule has 1 fully saturated rings. The van der Waals surface area contributed by atoms with E-state index in [0.29, 0.717) is 0 Å². The fraction of sp³-hybridized carbons (Fsp3) is 0.368. The number of rotatable bonds is 2. The molecule has 0 atom stereocenters. The highest BCUT2D eigenvalue weighted by Gasteiger charge is 2.27. The smallest absolute Gasteiger partial charge is 0.250 e. The molecular weight excluding hydrogens is 300 g/mol. The van der Waals surface area contributed by atoms with Gasteiger partial charge in [0.2, 0.25) is 11.5 Å². The number of nitrogens with one attached hydrogen (secondary N) is 1. The molecule has 5 nitrogen and oxygen atoms in total. The number of pyridine rings is 1. The molecule has 0 spiro atoms. The molecule has 0 aliphatic carbocycles. The van der Waals surface area contributed by atoms with E-state index in [-0.39, 0.29) is 5.92 Å². The van der Waals surface area contributed by atoms with E-state index in [1.165, 1.54) is 0 Å². The summed E-state index contributed by atoms with van der Waals surface area (Å²) in [6.07, 6.45) is 0. The molecule has 122 valence electrons. The van der Waals surface area contributed by atoms with Crippen LogP contribution < -0.4 is 9.30 Å². The second kappa shape index (κ2) is 5.81. The lowest BCUT2D eigenvalue weighted by Gasteiger charge is -2.25. The van der Waals surface area contributed by atoms with E-state index in [0.717, 1.165) is 59.9 Å². The third kappa shape index (κ3) is 2.22. The molecule has 3 heterocycles. The molecule has 1 aliphatic heterocycles. The normalized spacial score (nSPS) is 15.3. The van der Waals surface area contributed by atoms with Gasteiger partial charge in [-0.05, 0) is 23.6 Å². The number of anilines is 1. The minimum Gasteiger partial charge on any atom is -0.375 e. The van der Waals surface area contributed by atoms with Gasteiger partial charge in [0, 0.05) is 6.07 Å². The van der Waals surface area contributed by atoms with Crippen molar-refractivity contribution < 1.29 is 9.14 Å². The summed E-state index contributed by atoms with van der Waals surface area (Å²) in [5.41, 5.74) is 4.85. The maximum absolute atomic E-state index is 9.77. The molecule has 1 aliphatic rings. The lowest BCUT2D eigenvalue weighted by atomic mass is 9.98. The summed E-state index contributed by atoms with van der Waals surface area (Å²) in [7, 11) is 0. The van der Waals surface area contributed by atoms with Crippen LogP contribution in [0.25, 0.3) is 16.7 Å². The van der Waals surface area contributed by atoms with Gasteiger partial charge in [0.05, 0.1) is 26.3 Å². The summed E-state index contributed by atoms with van der Waals surface area (Å²) in [5, 5.41) is 9.77. The van der Waals surface area contributed by atoms with Crippen molar-refractivity contribution in [2.24, 2.45) is 0 Å². The Balaban J connectivity index is 2.10. The fourth-order valence-corrected chi connectivity index (χ4v) is 3.50. The van der Waals surface area contributed by atoms with E-state index in [9.17, 15) is 5.26 Å². The van der Waals surface area contributed by atoms with Crippen LogP contribution in [0.4, 0.5) is 5.82 Å². The van der Waals surface area contributed by atoms with Crippen LogP contribution in [0.5, 0.6) is 0 Å². The number of benzene rings is 1. The predicted octanol–water partition coefficient (Wildman–Crippen LogP) is 2.74. The maximum atomic E-state index is 9.77. The number of imidazole rings is 1. The topological polar surface area (TPSA) is 56.1 Å². The highest BCUT2D eigenvalue weighted by molar-refractivity contribution is 5.77. The number of H-pyrrole nitrogens is 1. The molecule has 0 unspecified atom stereocenters. The molecule has 0 saturated carbocycles. The molecule has 2 aromatic heterocycles. The average molecular weight is 321 g/mol. The molecule has 0 amide bonds. The third-order valence-electron chi connectivity index (χ3n) is 4.73. The molecular formula is C19H21N4O+. The van der Waals surface area contributed by atoms with Crippen molar-refractivity contribution in [3.63, 3.8) is 0 Å². The highest BCUT2D eigenvalue weighted by atomic mass is 16.5. The summed E-state index contributed by atoms with van der Waals surface area (Å²) < 4.78 is 7.70. The number of nitriles is 1. The zero-order chi connectivity index (χ0) is 16.7. The Hall–Kier alpha value is -2.58. The van der Waals surface area contributed by atoms with Crippen LogP contribution in [-0.4, -0.2) is 31.3 Å². The van der Waals surface area contributed by atoms with Gasteiger partial charge in [-0.15, -0.1) is 0 Å². The van der Waals surface area contributed by atoms with E-state index in [4.69, 9.17) is 4.74 Å². The highest BCUT2D eigenvalue weighted by Crippen LogP contribution is 2.27. The number of morpholine rings is 1. The second-order valence-electron chi connectivity index (χ2n) is 6.52. The van der Waals surface area contributed by atoms with Crippen LogP contribution in [0.2, 0.25) is 0 Å². The number of para-hydroxylation sites is 2. The van der Waals surface area contributed by atoms with Crippen molar-refractivity contribution in [3.05, 3.63) is 41.5 Å². The van der Waals surface area contributed by atoms with Crippen molar-refractivity contribution >= 4 is 22.5 Å². The van der Waals surface area contributed by atoms with E-state index >= 15 is 0 Å². The second-order valence-corrected chi connectivity index (χ2v) is 6.52. The van der Waals surface area contributed by atoms with Gasteiger partial charge < -0.3 is 4.74 Å². The largest absolute Gasteiger partial charge is 0.375 e. The summed E-state index contributed by atoms with van der Waals surface area (Å²) in [6, 6.07) is 12.8. The third-order valence-corrected chi connectivity index (χ3v) is 4.73. The van der Waals surface area contributed by atoms with E-state index < -0.39 is 0 Å². The van der Waals surface area contributed by atoms with Crippen LogP contribution >= 0.6 is 0 Å². The van der Waals surface area contributed by atoms with Crippen molar-refractivity contribution in [2.45, 2.75) is 19.8 Å². The van der Waals surface area contributed by atoms with Gasteiger partial charge in [-0.3, -0.25) is 9.88 Å². The Labute approximate surface area is 141 Å². The Morgan fingerprint density at radius 1 is 1.25 bits per heavy atom. The molecule has 1 saturated heterocycles. The minimum atomic E-state index is 0.288. The van der Waals surface area contributed by atoms with Gasteiger partial charge in [0.15, 0.2) is 0 Å². The number of hydrogen-bond acceptors (Lipinski definition) is 3. The summed E-state index contributed by atoms with van der Waals surface area (Å²) >= 11 is 0. The van der Waals surface area contributed by atoms with Gasteiger partial charge in [-0.25, -0.2) is 0 Å². The van der Waals surface area contributed by atoms with Crippen molar-refractivity contribution in [1.82, 2.24) is 4.98 Å². The SMILES string of the molecule is CC(C)c1cc(N2CCOCC2)[n+]2c([nH]c3ccccc32)c1C#N. The Morgan fingerprint density at radius 2 is 2.00 bits per heavy atom. The number of aromatic nitrogens is 2. The average Bonchev–Trinajstić information content (AvgIpc) is 3.00. The predicted molar refractivity (Wildman–Crippen MR) is 93.3 cm³/mol. The first-order valence-electron chi connectivity index (χ1n) is 8.43. The van der Waals surface area contributed by atoms with E-state index in [1.54, 1.807) is 0 Å². The van der Waals surface area contributed by atoms with Crippen LogP contribution in [-0.2, 0) is 4.74 Å². The van der Waals surface area contributed by atoms with Crippen LogP contribution in [0.3, 0.4) is 0 Å². The summed E-state index contributed by atoms with van der Waals surface area (Å²) in [6.45, 7) is 7.48. The fourth-order valence-electron chi connectivity index (χ4n) is 3.50. The van der Waals surface area contributed by atoms with Crippen LogP contribution in [0, 0.1) is 11.3 Å². The Bertz CT molecular complexity index is 945. The molecule has 24 heavy (non-hydrogen) atoms. The molecule has 0 bridgehead atoms. The maximum Gasteiger partial charge on any atom is 0.250 e. The van der Waals surface area contributed by atoms with E-state index in [1.807, 2.05) is 12.1 Å². The van der Waals surface area contributed by atoms with Gasteiger partial charge in [-0.2, -0.15) is 9.66 Å². The first-order chi connectivity index (χ1) is 11.7. The molecule has 3 aromatic rings. The van der Waals surface area contributed by atoms with Gasteiger partial charge in [0.25, 0.3) is 0 Å². The first-order valence-corrected chi connectivity index (χ1v) is 8.43. The Kier molecular flexibility index (Phi) is 3.62. The summed E-state index contributed by atoms with van der Waals surface area (Å²) in [4.78, 5) is 5.81. The van der Waals surface area contributed by atoms with Gasteiger partial charge in [-0.1, -0.05) is 26.0 Å². The van der Waals surface area contributed by atoms with Gasteiger partial charge >= 0.3 is 0 Å². The minimum absolute atomic E-state index is 0.288. The molecule has 4 rings (SSSR count). The molecule has 5 heteroatoms. The number of ether oxygens (including phenoxy) is 1. The quantitative estimate of drug-likeness (QED) is 0.738. The molecule has 1 N–H and O–H groups in total. The molecule has 0 radical (unpaired) electrons. The Morgan fingerprint density at radius 3 is 2.71 bits per heavy atom. The number of fused-ring (bicyclic) bond motifs is 3. The lowest BCUT2D eigenvalue weighted by Crippen LogP contribution is -2.42. The number of nitrogens with zero attached hydrogens (tertiary/aromatic N) is 3. The monoisotopic (exact) mass is 321 g/mol. The first kappa shape index (κ1) is 15.0. The zero-order valence-electron chi connectivity index (χ0n) is 14.0. The lowest BCUT2D eigenvalue weighted by molar-refractivity contribution is -0.467. The molecule has 1 aromatic carbocycles. The zero-order valence-corrected chi connectivity index (χ0v) is 14.0. The number of hydrogen-bond donors (Lipinski definition) is 1. The summed E-state index contributed by atoms with van der Waals surface area (Å²) in [5.74, 6) is 1.42.